The Balaban J connectivity index is 1.89. The van der Waals surface area contributed by atoms with Gasteiger partial charge in [0.2, 0.25) is 0 Å². The summed E-state index contributed by atoms with van der Waals surface area (Å²) in [4.78, 5) is 0. The van der Waals surface area contributed by atoms with E-state index in [1.54, 1.807) is 0 Å². The molecule has 96 valence electrons. The summed E-state index contributed by atoms with van der Waals surface area (Å²) in [6.07, 6.45) is 7.06. The fourth-order valence-electron chi connectivity index (χ4n) is 3.00. The normalized spacial score (nSPS) is 19.3. The van der Waals surface area contributed by atoms with Crippen LogP contribution in [0.25, 0.3) is 0 Å². The summed E-state index contributed by atoms with van der Waals surface area (Å²) in [5, 5.41) is 3.54. The van der Waals surface area contributed by atoms with Gasteiger partial charge in [0.15, 0.2) is 0 Å². The highest BCUT2D eigenvalue weighted by Crippen LogP contribution is 2.30. The van der Waals surface area contributed by atoms with Crippen molar-refractivity contribution in [1.29, 1.82) is 0 Å². The summed E-state index contributed by atoms with van der Waals surface area (Å²) in [5.41, 5.74) is 4.43. The molecule has 18 heavy (non-hydrogen) atoms. The van der Waals surface area contributed by atoms with E-state index in [0.29, 0.717) is 0 Å². The Morgan fingerprint density at radius 1 is 1.28 bits per heavy atom. The molecule has 0 radical (unpaired) electrons. The Morgan fingerprint density at radius 3 is 2.94 bits per heavy atom. The van der Waals surface area contributed by atoms with Gasteiger partial charge in [-0.05, 0) is 48.6 Å². The molecular weight excluding hydrogens is 222 g/mol. The summed E-state index contributed by atoms with van der Waals surface area (Å²) in [7, 11) is 0. The van der Waals surface area contributed by atoms with Crippen LogP contribution in [0.5, 0.6) is 0 Å². The van der Waals surface area contributed by atoms with E-state index in [-0.39, 0.29) is 6.04 Å². The topological polar surface area (TPSA) is 21.3 Å². The van der Waals surface area contributed by atoms with Crippen molar-refractivity contribution in [3.8, 4) is 0 Å². The lowest BCUT2D eigenvalue weighted by Gasteiger charge is -2.20. The van der Waals surface area contributed by atoms with E-state index in [9.17, 15) is 0 Å². The number of benzene rings is 1. The number of aryl methyl sites for hydroxylation is 2. The Labute approximate surface area is 109 Å². The predicted octanol–water partition coefficient (Wildman–Crippen LogP) is 3.13. The molecule has 1 aliphatic carbocycles. The van der Waals surface area contributed by atoms with Gasteiger partial charge < -0.3 is 10.1 Å². The minimum absolute atomic E-state index is 0.239. The first-order valence-electron chi connectivity index (χ1n) is 7.06. The Bertz CT molecular complexity index is 464. The zero-order chi connectivity index (χ0) is 12.4. The number of ether oxygens (including phenoxy) is 1. The molecule has 0 bridgehead atoms. The molecule has 1 unspecified atom stereocenters. The maximum absolute atomic E-state index is 5.74. The van der Waals surface area contributed by atoms with Crippen molar-refractivity contribution in [2.45, 2.75) is 38.6 Å². The molecule has 1 heterocycles. The van der Waals surface area contributed by atoms with Gasteiger partial charge in [0.25, 0.3) is 0 Å². The predicted molar refractivity (Wildman–Crippen MR) is 73.5 cm³/mol. The lowest BCUT2D eigenvalue weighted by molar-refractivity contribution is 0.216. The molecule has 1 aliphatic heterocycles. The average Bonchev–Trinajstić information content (AvgIpc) is 3.05. The summed E-state index contributed by atoms with van der Waals surface area (Å²) in [6, 6.07) is 7.18. The van der Waals surface area contributed by atoms with Crippen molar-refractivity contribution >= 4 is 0 Å². The minimum Gasteiger partial charge on any atom is -0.496 e. The van der Waals surface area contributed by atoms with Crippen LogP contribution in [0.2, 0.25) is 0 Å². The molecule has 2 nitrogen and oxygen atoms in total. The van der Waals surface area contributed by atoms with E-state index in [2.05, 4.69) is 36.5 Å². The van der Waals surface area contributed by atoms with Crippen LogP contribution in [0.4, 0.5) is 0 Å². The molecule has 0 amide bonds. The zero-order valence-corrected chi connectivity index (χ0v) is 11.0. The first kappa shape index (κ1) is 11.8. The highest BCUT2D eigenvalue weighted by molar-refractivity contribution is 5.38. The van der Waals surface area contributed by atoms with E-state index in [4.69, 9.17) is 4.74 Å². The average molecular weight is 243 g/mol. The van der Waals surface area contributed by atoms with E-state index in [1.165, 1.54) is 36.0 Å². The van der Waals surface area contributed by atoms with Gasteiger partial charge in [-0.2, -0.15) is 0 Å². The van der Waals surface area contributed by atoms with Crippen molar-refractivity contribution in [1.82, 2.24) is 5.32 Å². The first-order valence-corrected chi connectivity index (χ1v) is 7.06. The van der Waals surface area contributed by atoms with Gasteiger partial charge in [0, 0.05) is 6.42 Å². The van der Waals surface area contributed by atoms with Crippen molar-refractivity contribution in [2.24, 2.45) is 0 Å². The Kier molecular flexibility index (Phi) is 3.37. The van der Waals surface area contributed by atoms with Crippen LogP contribution in [0.15, 0.2) is 30.0 Å². The van der Waals surface area contributed by atoms with Crippen molar-refractivity contribution in [2.75, 3.05) is 13.2 Å². The fraction of sp³-hybridized carbons (Fsp3) is 0.500. The van der Waals surface area contributed by atoms with Gasteiger partial charge in [0.1, 0.15) is 5.76 Å². The minimum atomic E-state index is 0.239. The molecule has 0 saturated carbocycles. The van der Waals surface area contributed by atoms with Gasteiger partial charge in [-0.15, -0.1) is 0 Å². The third-order valence-electron chi connectivity index (χ3n) is 3.88. The third-order valence-corrected chi connectivity index (χ3v) is 3.88. The van der Waals surface area contributed by atoms with Crippen molar-refractivity contribution in [3.05, 3.63) is 46.7 Å². The summed E-state index contributed by atoms with van der Waals surface area (Å²) in [5.74, 6) is 1.11. The molecule has 3 rings (SSSR count). The monoisotopic (exact) mass is 243 g/mol. The molecule has 2 aliphatic rings. The number of rotatable bonds is 4. The van der Waals surface area contributed by atoms with Crippen LogP contribution in [0.1, 0.15) is 42.5 Å². The maximum Gasteiger partial charge on any atom is 0.114 e. The largest absolute Gasteiger partial charge is 0.496 e. The third kappa shape index (κ3) is 2.17. The second kappa shape index (κ2) is 5.15. The van der Waals surface area contributed by atoms with Crippen LogP contribution in [-0.4, -0.2) is 13.2 Å². The smallest absolute Gasteiger partial charge is 0.114 e. The highest BCUT2D eigenvalue weighted by Gasteiger charge is 2.21. The van der Waals surface area contributed by atoms with E-state index in [0.717, 1.165) is 25.3 Å². The number of hydrogen-bond donors (Lipinski definition) is 1. The summed E-state index contributed by atoms with van der Waals surface area (Å²) in [6.45, 7) is 3.94. The SMILES string of the molecule is CCNC(C1=CCCO1)c1ccc2c(c1)CCC2. The molecule has 1 atom stereocenters. The number of hydrogen-bond acceptors (Lipinski definition) is 2. The van der Waals surface area contributed by atoms with E-state index < -0.39 is 0 Å². The van der Waals surface area contributed by atoms with Gasteiger partial charge in [0.05, 0.1) is 12.6 Å². The van der Waals surface area contributed by atoms with Crippen molar-refractivity contribution in [3.63, 3.8) is 0 Å². The lowest BCUT2D eigenvalue weighted by Crippen LogP contribution is -2.23. The lowest BCUT2D eigenvalue weighted by atomic mass is 9.99. The Hall–Kier alpha value is -1.28. The molecule has 0 aromatic heterocycles. The van der Waals surface area contributed by atoms with Gasteiger partial charge in [-0.3, -0.25) is 0 Å². The standard InChI is InChI=1S/C16H21NO/c1-2-17-16(15-7-4-10-18-15)14-9-8-12-5-3-6-13(12)11-14/h7-9,11,16-17H,2-6,10H2,1H3. The molecule has 0 fully saturated rings. The van der Waals surface area contributed by atoms with E-state index in [1.807, 2.05) is 0 Å². The molecule has 2 heteroatoms. The summed E-state index contributed by atoms with van der Waals surface area (Å²) >= 11 is 0. The maximum atomic E-state index is 5.74. The number of nitrogens with one attached hydrogen (secondary N) is 1. The number of likely N-dealkylation sites (N-methyl/N-ethyl adjacent to an activating group) is 1. The van der Waals surface area contributed by atoms with Gasteiger partial charge >= 0.3 is 0 Å². The Morgan fingerprint density at radius 2 is 2.17 bits per heavy atom. The highest BCUT2D eigenvalue weighted by atomic mass is 16.5. The molecule has 0 saturated heterocycles. The fourth-order valence-corrected chi connectivity index (χ4v) is 3.00. The molecule has 0 spiro atoms. The zero-order valence-electron chi connectivity index (χ0n) is 11.0. The van der Waals surface area contributed by atoms with Gasteiger partial charge in [-0.25, -0.2) is 0 Å². The quantitative estimate of drug-likeness (QED) is 0.877. The molecular formula is C16H21NO. The van der Waals surface area contributed by atoms with Crippen LogP contribution in [0.3, 0.4) is 0 Å². The van der Waals surface area contributed by atoms with E-state index >= 15 is 0 Å². The summed E-state index contributed by atoms with van der Waals surface area (Å²) < 4.78 is 5.74. The first-order chi connectivity index (χ1) is 8.88. The molecule has 1 aromatic rings. The van der Waals surface area contributed by atoms with Gasteiger partial charge in [-0.1, -0.05) is 25.1 Å². The molecule has 1 aromatic carbocycles. The second-order valence-electron chi connectivity index (χ2n) is 5.12. The van der Waals surface area contributed by atoms with Crippen LogP contribution < -0.4 is 5.32 Å². The van der Waals surface area contributed by atoms with Crippen LogP contribution >= 0.6 is 0 Å². The van der Waals surface area contributed by atoms with Crippen molar-refractivity contribution < 1.29 is 4.74 Å². The molecule has 1 N–H and O–H groups in total. The van der Waals surface area contributed by atoms with Crippen LogP contribution in [0, 0.1) is 0 Å². The van der Waals surface area contributed by atoms with Crippen LogP contribution in [-0.2, 0) is 17.6 Å². The number of fused-ring (bicyclic) bond motifs is 1. The second-order valence-corrected chi connectivity index (χ2v) is 5.12.